The molecule has 0 spiro atoms. The number of nitrogens with zero attached hydrogens (tertiary/aromatic N) is 1. The molecule has 2 aromatic rings. The molecule has 2 aromatic carbocycles. The van der Waals surface area contributed by atoms with Gasteiger partial charge in [0, 0.05) is 28.7 Å². The molecule has 0 radical (unpaired) electrons. The number of hydrogen-bond acceptors (Lipinski definition) is 3. The van der Waals surface area contributed by atoms with Crippen LogP contribution in [0, 0.1) is 0 Å². The Hall–Kier alpha value is -1.05. The van der Waals surface area contributed by atoms with Crippen LogP contribution in [0.4, 0.5) is 11.4 Å². The summed E-state index contributed by atoms with van der Waals surface area (Å²) in [4.78, 5) is 2.11. The van der Waals surface area contributed by atoms with Gasteiger partial charge >= 0.3 is 0 Å². The van der Waals surface area contributed by atoms with Crippen molar-refractivity contribution in [2.24, 2.45) is 0 Å². The fourth-order valence-corrected chi connectivity index (χ4v) is 4.55. The van der Waals surface area contributed by atoms with E-state index in [1.165, 1.54) is 0 Å². The van der Waals surface area contributed by atoms with Crippen LogP contribution in [0.3, 0.4) is 0 Å². The van der Waals surface area contributed by atoms with E-state index in [-0.39, 0.29) is 4.90 Å². The summed E-state index contributed by atoms with van der Waals surface area (Å²) < 4.78 is 28.8. The van der Waals surface area contributed by atoms with E-state index in [9.17, 15) is 8.42 Å². The van der Waals surface area contributed by atoms with Gasteiger partial charge in [0.25, 0.3) is 10.0 Å². The maximum atomic E-state index is 12.4. The van der Waals surface area contributed by atoms with Crippen molar-refractivity contribution in [1.29, 1.82) is 0 Å². The highest BCUT2D eigenvalue weighted by Gasteiger charge is 2.18. The summed E-state index contributed by atoms with van der Waals surface area (Å²) in [5, 5.41) is 0. The summed E-state index contributed by atoms with van der Waals surface area (Å²) in [7, 11) is 0.164. The SMILES string of the molecule is CN(C)c1cccc(NS(=O)(=O)c2ccc(Br)cc2Br)c1. The molecule has 0 aliphatic rings. The Kier molecular flexibility index (Phi) is 4.95. The minimum atomic E-state index is -3.64. The lowest BCUT2D eigenvalue weighted by Crippen LogP contribution is -2.14. The van der Waals surface area contributed by atoms with Crippen molar-refractivity contribution in [3.05, 3.63) is 51.4 Å². The Balaban J connectivity index is 2.35. The number of halogens is 2. The molecule has 112 valence electrons. The largest absolute Gasteiger partial charge is 0.378 e. The molecule has 0 aliphatic heterocycles. The van der Waals surface area contributed by atoms with Gasteiger partial charge in [-0.15, -0.1) is 0 Å². The van der Waals surface area contributed by atoms with Crippen LogP contribution in [0.2, 0.25) is 0 Å². The van der Waals surface area contributed by atoms with Gasteiger partial charge in [-0.2, -0.15) is 0 Å². The minimum absolute atomic E-state index is 0.195. The second kappa shape index (κ2) is 6.37. The number of sulfonamides is 1. The first-order valence-electron chi connectivity index (χ1n) is 6.05. The fraction of sp³-hybridized carbons (Fsp3) is 0.143. The molecule has 21 heavy (non-hydrogen) atoms. The predicted octanol–water partition coefficient (Wildman–Crippen LogP) is 4.08. The first-order chi connectivity index (χ1) is 9.79. The predicted molar refractivity (Wildman–Crippen MR) is 93.4 cm³/mol. The number of nitrogens with one attached hydrogen (secondary N) is 1. The molecule has 1 N–H and O–H groups in total. The molecule has 0 unspecified atom stereocenters. The van der Waals surface area contributed by atoms with Gasteiger partial charge in [-0.3, -0.25) is 4.72 Å². The van der Waals surface area contributed by atoms with Crippen LogP contribution in [-0.4, -0.2) is 22.5 Å². The highest BCUT2D eigenvalue weighted by atomic mass is 79.9. The Morgan fingerprint density at radius 1 is 1.05 bits per heavy atom. The molecule has 7 heteroatoms. The van der Waals surface area contributed by atoms with Gasteiger partial charge in [0.1, 0.15) is 4.90 Å². The van der Waals surface area contributed by atoms with Crippen LogP contribution in [0.15, 0.2) is 56.3 Å². The summed E-state index contributed by atoms with van der Waals surface area (Å²) in [5.74, 6) is 0. The first-order valence-corrected chi connectivity index (χ1v) is 9.12. The number of rotatable bonds is 4. The summed E-state index contributed by atoms with van der Waals surface area (Å²) >= 11 is 6.58. The maximum absolute atomic E-state index is 12.4. The van der Waals surface area contributed by atoms with Crippen LogP contribution in [-0.2, 0) is 10.0 Å². The third kappa shape index (κ3) is 3.99. The van der Waals surface area contributed by atoms with Crippen LogP contribution in [0.5, 0.6) is 0 Å². The zero-order valence-electron chi connectivity index (χ0n) is 11.5. The zero-order chi connectivity index (χ0) is 15.6. The van der Waals surface area contributed by atoms with Crippen molar-refractivity contribution in [1.82, 2.24) is 0 Å². The molecule has 0 saturated heterocycles. The van der Waals surface area contributed by atoms with Gasteiger partial charge in [0.05, 0.1) is 5.69 Å². The van der Waals surface area contributed by atoms with Gasteiger partial charge in [-0.05, 0) is 52.3 Å². The molecule has 0 aliphatic carbocycles. The van der Waals surface area contributed by atoms with Gasteiger partial charge < -0.3 is 4.90 Å². The van der Waals surface area contributed by atoms with Gasteiger partial charge in [0.15, 0.2) is 0 Å². The Bertz CT molecular complexity index is 761. The third-order valence-electron chi connectivity index (χ3n) is 2.80. The number of hydrogen-bond donors (Lipinski definition) is 1. The van der Waals surface area contributed by atoms with E-state index in [2.05, 4.69) is 36.6 Å². The van der Waals surface area contributed by atoms with Crippen molar-refractivity contribution in [2.45, 2.75) is 4.90 Å². The van der Waals surface area contributed by atoms with Crippen LogP contribution < -0.4 is 9.62 Å². The molecule has 2 rings (SSSR count). The van der Waals surface area contributed by atoms with Crippen molar-refractivity contribution in [3.63, 3.8) is 0 Å². The van der Waals surface area contributed by atoms with Crippen LogP contribution in [0.1, 0.15) is 0 Å². The lowest BCUT2D eigenvalue weighted by Gasteiger charge is -2.15. The smallest absolute Gasteiger partial charge is 0.263 e. The normalized spacial score (nSPS) is 11.2. The summed E-state index contributed by atoms with van der Waals surface area (Å²) in [6.07, 6.45) is 0. The van der Waals surface area contributed by atoms with Crippen LogP contribution in [0.25, 0.3) is 0 Å². The van der Waals surface area contributed by atoms with Crippen molar-refractivity contribution >= 4 is 53.3 Å². The summed E-state index contributed by atoms with van der Waals surface area (Å²) in [5.41, 5.74) is 1.45. The quantitative estimate of drug-likeness (QED) is 0.790. The molecule has 0 heterocycles. The van der Waals surface area contributed by atoms with E-state index in [4.69, 9.17) is 0 Å². The maximum Gasteiger partial charge on any atom is 0.263 e. The van der Waals surface area contributed by atoms with Crippen molar-refractivity contribution < 1.29 is 8.42 Å². The molecule has 0 saturated carbocycles. The monoisotopic (exact) mass is 432 g/mol. The Labute approximate surface area is 141 Å². The lowest BCUT2D eigenvalue weighted by molar-refractivity contribution is 0.600. The van der Waals surface area contributed by atoms with E-state index in [0.29, 0.717) is 10.2 Å². The van der Waals surface area contributed by atoms with E-state index < -0.39 is 10.0 Å². The third-order valence-corrected chi connectivity index (χ3v) is 5.65. The van der Waals surface area contributed by atoms with Crippen molar-refractivity contribution in [2.75, 3.05) is 23.7 Å². The van der Waals surface area contributed by atoms with Crippen molar-refractivity contribution in [3.8, 4) is 0 Å². The molecular weight excluding hydrogens is 420 g/mol. The molecule has 0 amide bonds. The van der Waals surface area contributed by atoms with Gasteiger partial charge in [0.2, 0.25) is 0 Å². The Morgan fingerprint density at radius 3 is 2.38 bits per heavy atom. The van der Waals surface area contributed by atoms with E-state index >= 15 is 0 Å². The highest BCUT2D eigenvalue weighted by molar-refractivity contribution is 9.11. The van der Waals surface area contributed by atoms with E-state index in [1.54, 1.807) is 30.3 Å². The molecule has 0 bridgehead atoms. The number of benzene rings is 2. The summed E-state index contributed by atoms with van der Waals surface area (Å²) in [6, 6.07) is 12.2. The molecular formula is C14H14Br2N2O2S. The molecule has 0 fully saturated rings. The van der Waals surface area contributed by atoms with E-state index in [0.717, 1.165) is 10.2 Å². The average Bonchev–Trinajstić information content (AvgIpc) is 2.37. The number of anilines is 2. The zero-order valence-corrected chi connectivity index (χ0v) is 15.5. The van der Waals surface area contributed by atoms with Gasteiger partial charge in [-0.25, -0.2) is 8.42 Å². The first kappa shape index (κ1) is 16.3. The van der Waals surface area contributed by atoms with Gasteiger partial charge in [-0.1, -0.05) is 22.0 Å². The lowest BCUT2D eigenvalue weighted by atomic mass is 10.3. The highest BCUT2D eigenvalue weighted by Crippen LogP contribution is 2.28. The second-order valence-electron chi connectivity index (χ2n) is 4.62. The molecule has 4 nitrogen and oxygen atoms in total. The topological polar surface area (TPSA) is 49.4 Å². The minimum Gasteiger partial charge on any atom is -0.378 e. The summed E-state index contributed by atoms with van der Waals surface area (Å²) in [6.45, 7) is 0. The second-order valence-corrected chi connectivity index (χ2v) is 8.05. The Morgan fingerprint density at radius 2 is 1.76 bits per heavy atom. The van der Waals surface area contributed by atoms with E-state index in [1.807, 2.05) is 31.1 Å². The fourth-order valence-electron chi connectivity index (χ4n) is 1.75. The molecule has 0 aromatic heterocycles. The molecule has 0 atom stereocenters. The average molecular weight is 434 g/mol. The van der Waals surface area contributed by atoms with Crippen LogP contribution >= 0.6 is 31.9 Å². The standard InChI is InChI=1S/C14H14Br2N2O2S/c1-18(2)12-5-3-4-11(9-12)17-21(19,20)14-7-6-10(15)8-13(14)16/h3-9,17H,1-2H3.